The summed E-state index contributed by atoms with van der Waals surface area (Å²) >= 11 is 6.07. The number of amides is 1. The topological polar surface area (TPSA) is 63.7 Å². The largest absolute Gasteiger partial charge is 0.489 e. The predicted molar refractivity (Wildman–Crippen MR) is 78.0 cm³/mol. The molecule has 5 nitrogen and oxygen atoms in total. The van der Waals surface area contributed by atoms with Crippen molar-refractivity contribution < 1.29 is 21.8 Å². The van der Waals surface area contributed by atoms with Gasteiger partial charge in [-0.15, -0.1) is 3.89 Å². The Morgan fingerprint density at radius 1 is 1.43 bits per heavy atom. The molecule has 116 valence electrons. The maximum Gasteiger partial charge on any atom is 0.307 e. The molecule has 1 unspecified atom stereocenters. The van der Waals surface area contributed by atoms with Gasteiger partial charge in [0.15, 0.2) is 0 Å². The third-order valence-corrected chi connectivity index (χ3v) is 4.48. The molecule has 1 aliphatic rings. The van der Waals surface area contributed by atoms with Crippen molar-refractivity contribution in [1.29, 1.82) is 0 Å². The van der Waals surface area contributed by atoms with Crippen LogP contribution in [0, 0.1) is 0 Å². The molecule has 1 heterocycles. The normalized spacial score (nSPS) is 19.4. The van der Waals surface area contributed by atoms with Gasteiger partial charge in [-0.05, 0) is 32.0 Å². The molecule has 1 aliphatic heterocycles. The lowest BCUT2D eigenvalue weighted by atomic mass is 10.2. The van der Waals surface area contributed by atoms with Crippen LogP contribution in [0.5, 0.6) is 5.75 Å². The summed E-state index contributed by atoms with van der Waals surface area (Å²) in [5, 5.41) is -1.02. The number of halogens is 2. The van der Waals surface area contributed by atoms with Crippen molar-refractivity contribution in [2.24, 2.45) is 0 Å². The van der Waals surface area contributed by atoms with Gasteiger partial charge in [0, 0.05) is 18.7 Å². The first-order valence-corrected chi connectivity index (χ1v) is 8.21. The lowest BCUT2D eigenvalue weighted by Crippen LogP contribution is -2.26. The van der Waals surface area contributed by atoms with Gasteiger partial charge >= 0.3 is 10.2 Å². The van der Waals surface area contributed by atoms with E-state index < -0.39 is 21.4 Å². The molecule has 0 N–H and O–H groups in total. The standard InChI is InChI=1S/C13H15ClFNO4S/c1-8(2)20-12-4-3-9(5-11(12)14)16-7-10(6-13(16)17)21(15,18)19/h3-5,8,10H,6-7H2,1-2H3. The number of nitrogens with zero attached hydrogens (tertiary/aromatic N) is 1. The van der Waals surface area contributed by atoms with E-state index in [-0.39, 0.29) is 19.1 Å². The van der Waals surface area contributed by atoms with E-state index in [9.17, 15) is 17.1 Å². The summed E-state index contributed by atoms with van der Waals surface area (Å²) in [7, 11) is -4.73. The second kappa shape index (κ2) is 5.81. The molecule has 0 radical (unpaired) electrons. The van der Waals surface area contributed by atoms with Gasteiger partial charge in [0.2, 0.25) is 5.91 Å². The van der Waals surface area contributed by atoms with Gasteiger partial charge in [-0.25, -0.2) is 0 Å². The lowest BCUT2D eigenvalue weighted by molar-refractivity contribution is -0.117. The Hall–Kier alpha value is -1.34. The molecule has 1 amide bonds. The van der Waals surface area contributed by atoms with Crippen LogP contribution in [0.15, 0.2) is 18.2 Å². The molecular formula is C13H15ClFNO4S. The zero-order valence-electron chi connectivity index (χ0n) is 11.5. The number of carbonyl (C=O) groups is 1. The van der Waals surface area contributed by atoms with Gasteiger partial charge in [0.05, 0.1) is 11.1 Å². The summed E-state index contributed by atoms with van der Waals surface area (Å²) in [6, 6.07) is 4.70. The van der Waals surface area contributed by atoms with Crippen molar-refractivity contribution in [3.63, 3.8) is 0 Å². The van der Waals surface area contributed by atoms with Crippen LogP contribution in [0.25, 0.3) is 0 Å². The average Bonchev–Trinajstić information content (AvgIpc) is 2.73. The molecule has 1 saturated heterocycles. The highest BCUT2D eigenvalue weighted by molar-refractivity contribution is 7.87. The average molecular weight is 336 g/mol. The minimum absolute atomic E-state index is 0.0529. The van der Waals surface area contributed by atoms with Crippen LogP contribution in [0.1, 0.15) is 20.3 Å². The third kappa shape index (κ3) is 3.65. The maximum atomic E-state index is 13.0. The Balaban J connectivity index is 2.23. The highest BCUT2D eigenvalue weighted by Gasteiger charge is 2.39. The Labute approximate surface area is 127 Å². The first kappa shape index (κ1) is 16.0. The van der Waals surface area contributed by atoms with Gasteiger partial charge in [-0.1, -0.05) is 11.6 Å². The van der Waals surface area contributed by atoms with E-state index in [2.05, 4.69) is 0 Å². The summed E-state index contributed by atoms with van der Waals surface area (Å²) in [6.07, 6.45) is -0.413. The molecule has 0 aromatic heterocycles. The summed E-state index contributed by atoms with van der Waals surface area (Å²) in [6.45, 7) is 3.49. The second-order valence-electron chi connectivity index (χ2n) is 5.09. The van der Waals surface area contributed by atoms with E-state index in [0.717, 1.165) is 0 Å². The fourth-order valence-corrected chi connectivity index (χ4v) is 3.01. The summed E-state index contributed by atoms with van der Waals surface area (Å²) in [5.74, 6) is 0.0199. The first-order chi connectivity index (χ1) is 9.68. The highest BCUT2D eigenvalue weighted by Crippen LogP contribution is 2.33. The number of rotatable bonds is 4. The van der Waals surface area contributed by atoms with Gasteiger partial charge in [-0.3, -0.25) is 4.79 Å². The second-order valence-corrected chi connectivity index (χ2v) is 7.11. The zero-order chi connectivity index (χ0) is 15.8. The molecule has 0 saturated carbocycles. The molecule has 1 aromatic rings. The van der Waals surface area contributed by atoms with E-state index in [1.165, 1.54) is 11.0 Å². The lowest BCUT2D eigenvalue weighted by Gasteiger charge is -2.18. The van der Waals surface area contributed by atoms with Crippen molar-refractivity contribution in [2.45, 2.75) is 31.6 Å². The smallest absolute Gasteiger partial charge is 0.307 e. The number of hydrogen-bond acceptors (Lipinski definition) is 4. The molecule has 1 atom stereocenters. The molecule has 0 bridgehead atoms. The Kier molecular flexibility index (Phi) is 4.43. The fraction of sp³-hybridized carbons (Fsp3) is 0.462. The zero-order valence-corrected chi connectivity index (χ0v) is 13.1. The van der Waals surface area contributed by atoms with Gasteiger partial charge in [0.1, 0.15) is 11.0 Å². The molecule has 1 aromatic carbocycles. The van der Waals surface area contributed by atoms with E-state index in [4.69, 9.17) is 16.3 Å². The van der Waals surface area contributed by atoms with Crippen LogP contribution >= 0.6 is 11.6 Å². The van der Waals surface area contributed by atoms with Crippen molar-refractivity contribution >= 4 is 33.4 Å². The SMILES string of the molecule is CC(C)Oc1ccc(N2CC(S(=O)(=O)F)CC2=O)cc1Cl. The van der Waals surface area contributed by atoms with Crippen LogP contribution in [-0.4, -0.2) is 32.2 Å². The van der Waals surface area contributed by atoms with Crippen molar-refractivity contribution in [3.05, 3.63) is 23.2 Å². The molecule has 21 heavy (non-hydrogen) atoms. The van der Waals surface area contributed by atoms with E-state index in [0.29, 0.717) is 16.5 Å². The summed E-state index contributed by atoms with van der Waals surface area (Å²) < 4.78 is 40.3. The minimum atomic E-state index is -4.73. The maximum absolute atomic E-state index is 13.0. The summed E-state index contributed by atoms with van der Waals surface area (Å²) in [5.41, 5.74) is 0.423. The third-order valence-electron chi connectivity index (χ3n) is 3.08. The Bertz CT molecular complexity index is 662. The molecule has 8 heteroatoms. The molecule has 0 spiro atoms. The van der Waals surface area contributed by atoms with Crippen LogP contribution in [0.2, 0.25) is 5.02 Å². The van der Waals surface area contributed by atoms with Crippen molar-refractivity contribution in [1.82, 2.24) is 0 Å². The van der Waals surface area contributed by atoms with Crippen molar-refractivity contribution in [3.8, 4) is 5.75 Å². The minimum Gasteiger partial charge on any atom is -0.489 e. The monoisotopic (exact) mass is 335 g/mol. The van der Waals surface area contributed by atoms with Crippen molar-refractivity contribution in [2.75, 3.05) is 11.4 Å². The van der Waals surface area contributed by atoms with Crippen LogP contribution in [0.3, 0.4) is 0 Å². The number of anilines is 1. The predicted octanol–water partition coefficient (Wildman–Crippen LogP) is 2.53. The fourth-order valence-electron chi connectivity index (χ4n) is 2.12. The number of benzene rings is 1. The molecule has 1 fully saturated rings. The quantitative estimate of drug-likeness (QED) is 0.793. The number of carbonyl (C=O) groups excluding carboxylic acids is 1. The van der Waals surface area contributed by atoms with Gasteiger partial charge < -0.3 is 9.64 Å². The first-order valence-electron chi connectivity index (χ1n) is 6.38. The van der Waals surface area contributed by atoms with Gasteiger partial charge in [-0.2, -0.15) is 8.42 Å². The van der Waals surface area contributed by atoms with Crippen LogP contribution in [0.4, 0.5) is 9.57 Å². The van der Waals surface area contributed by atoms with Crippen LogP contribution < -0.4 is 9.64 Å². The number of hydrogen-bond donors (Lipinski definition) is 0. The molecular weight excluding hydrogens is 321 g/mol. The number of ether oxygens (including phenoxy) is 1. The van der Waals surface area contributed by atoms with E-state index >= 15 is 0 Å². The highest BCUT2D eigenvalue weighted by atomic mass is 35.5. The summed E-state index contributed by atoms with van der Waals surface area (Å²) in [4.78, 5) is 13.0. The van der Waals surface area contributed by atoms with E-state index in [1.54, 1.807) is 12.1 Å². The van der Waals surface area contributed by atoms with Crippen LogP contribution in [-0.2, 0) is 15.0 Å². The Morgan fingerprint density at radius 2 is 2.10 bits per heavy atom. The Morgan fingerprint density at radius 3 is 2.57 bits per heavy atom. The molecule has 2 rings (SSSR count). The van der Waals surface area contributed by atoms with Gasteiger partial charge in [0.25, 0.3) is 0 Å². The molecule has 0 aliphatic carbocycles. The van der Waals surface area contributed by atoms with E-state index in [1.807, 2.05) is 13.8 Å².